The summed E-state index contributed by atoms with van der Waals surface area (Å²) in [4.78, 5) is 38.1. The maximum atomic E-state index is 12.4. The van der Waals surface area contributed by atoms with Crippen molar-refractivity contribution in [1.82, 2.24) is 10.2 Å². The Morgan fingerprint density at radius 3 is 2.03 bits per heavy atom. The minimum Gasteiger partial charge on any atom is -0.460 e. The zero-order valence-electron chi connectivity index (χ0n) is 21.0. The molecule has 0 bridgehead atoms. The Labute approximate surface area is 195 Å². The summed E-state index contributed by atoms with van der Waals surface area (Å²) in [5.41, 5.74) is -0.645. The number of carbonyl (C=O) groups excluding carboxylic acids is 3. The number of carbonyl (C=O) groups is 3. The van der Waals surface area contributed by atoms with E-state index < -0.39 is 23.8 Å². The third-order valence-corrected chi connectivity index (χ3v) is 5.62. The fourth-order valence-electron chi connectivity index (χ4n) is 3.93. The molecule has 0 saturated carbocycles. The summed E-state index contributed by atoms with van der Waals surface area (Å²) < 4.78 is 10.8. The fraction of sp³-hybridized carbons (Fsp3) is 0.880. The molecule has 186 valence electrons. The highest BCUT2D eigenvalue weighted by Crippen LogP contribution is 2.17. The standard InChI is InChI=1S/C25H46N2O5/c1-6-7-8-9-10-11-12-13-14-15-16-17-22(28)31-20-18-21(23(29)27(5)19-20)26-24(30)32-25(2,3)4/h20-21H,6-19H2,1-5H3,(H,26,30)/t20-,21-/m0/s1. The molecule has 1 aliphatic heterocycles. The number of amides is 2. The van der Waals surface area contributed by atoms with Crippen LogP contribution in [0, 0.1) is 0 Å². The lowest BCUT2D eigenvalue weighted by atomic mass is 10.0. The van der Waals surface area contributed by atoms with E-state index in [0.29, 0.717) is 13.0 Å². The average molecular weight is 455 g/mol. The van der Waals surface area contributed by atoms with Crippen LogP contribution >= 0.6 is 0 Å². The molecule has 0 radical (unpaired) electrons. The molecule has 1 aliphatic rings. The molecule has 0 spiro atoms. The first kappa shape index (κ1) is 28.2. The Morgan fingerprint density at radius 2 is 1.50 bits per heavy atom. The van der Waals surface area contributed by atoms with Crippen molar-refractivity contribution in [3.8, 4) is 0 Å². The molecule has 0 aromatic carbocycles. The van der Waals surface area contributed by atoms with Gasteiger partial charge in [0, 0.05) is 19.9 Å². The molecule has 2 atom stereocenters. The molecular formula is C25H46N2O5. The normalized spacial score (nSPS) is 19.0. The van der Waals surface area contributed by atoms with E-state index in [2.05, 4.69) is 12.2 Å². The van der Waals surface area contributed by atoms with Crippen LogP contribution in [0.25, 0.3) is 0 Å². The maximum Gasteiger partial charge on any atom is 0.408 e. The van der Waals surface area contributed by atoms with Crippen molar-refractivity contribution in [3.63, 3.8) is 0 Å². The summed E-state index contributed by atoms with van der Waals surface area (Å²) >= 11 is 0. The quantitative estimate of drug-likeness (QED) is 0.282. The summed E-state index contributed by atoms with van der Waals surface area (Å²) in [6.07, 6.45) is 13.2. The Bertz CT molecular complexity index is 573. The van der Waals surface area contributed by atoms with E-state index in [1.165, 1.54) is 56.3 Å². The van der Waals surface area contributed by atoms with Crippen LogP contribution in [0.3, 0.4) is 0 Å². The van der Waals surface area contributed by atoms with Gasteiger partial charge in [-0.2, -0.15) is 0 Å². The maximum absolute atomic E-state index is 12.4. The molecular weight excluding hydrogens is 408 g/mol. The van der Waals surface area contributed by atoms with Crippen molar-refractivity contribution < 1.29 is 23.9 Å². The van der Waals surface area contributed by atoms with Gasteiger partial charge in [0.1, 0.15) is 17.7 Å². The summed E-state index contributed by atoms with van der Waals surface area (Å²) in [5, 5.41) is 2.61. The summed E-state index contributed by atoms with van der Waals surface area (Å²) in [5.74, 6) is -0.432. The van der Waals surface area contributed by atoms with Crippen molar-refractivity contribution in [2.45, 2.75) is 129 Å². The third-order valence-electron chi connectivity index (χ3n) is 5.62. The number of alkyl carbamates (subject to hydrolysis) is 1. The molecule has 0 aromatic rings. The van der Waals surface area contributed by atoms with Gasteiger partial charge in [0.2, 0.25) is 5.91 Å². The van der Waals surface area contributed by atoms with Crippen molar-refractivity contribution in [1.29, 1.82) is 0 Å². The van der Waals surface area contributed by atoms with Crippen molar-refractivity contribution in [2.24, 2.45) is 0 Å². The predicted octanol–water partition coefficient (Wildman–Crippen LogP) is 5.35. The topological polar surface area (TPSA) is 84.9 Å². The Balaban J connectivity index is 2.21. The van der Waals surface area contributed by atoms with Gasteiger partial charge in [0.25, 0.3) is 0 Å². The second kappa shape index (κ2) is 15.1. The molecule has 1 heterocycles. The molecule has 0 aromatic heterocycles. The first-order chi connectivity index (χ1) is 15.1. The van der Waals surface area contributed by atoms with E-state index in [1.807, 2.05) is 0 Å². The number of hydrogen-bond acceptors (Lipinski definition) is 5. The van der Waals surface area contributed by atoms with Gasteiger partial charge in [-0.3, -0.25) is 9.59 Å². The molecule has 7 heteroatoms. The summed E-state index contributed by atoms with van der Waals surface area (Å²) in [6, 6.07) is -0.747. The number of nitrogens with zero attached hydrogens (tertiary/aromatic N) is 1. The van der Waals surface area contributed by atoms with Crippen LogP contribution in [-0.4, -0.2) is 54.2 Å². The Kier molecular flexibility index (Phi) is 13.3. The van der Waals surface area contributed by atoms with E-state index in [1.54, 1.807) is 27.8 Å². The monoisotopic (exact) mass is 454 g/mol. The largest absolute Gasteiger partial charge is 0.460 e. The number of nitrogens with one attached hydrogen (secondary N) is 1. The Hall–Kier alpha value is -1.79. The van der Waals surface area contributed by atoms with Crippen LogP contribution in [0.5, 0.6) is 0 Å². The number of esters is 1. The first-order valence-corrected chi connectivity index (χ1v) is 12.6. The number of piperidine rings is 1. The van der Waals surface area contributed by atoms with E-state index in [0.717, 1.165) is 19.3 Å². The second-order valence-electron chi connectivity index (χ2n) is 10.1. The number of likely N-dealkylation sites (N-methyl/N-ethyl adjacent to an activating group) is 1. The number of likely N-dealkylation sites (tertiary alicyclic amines) is 1. The average Bonchev–Trinajstić information content (AvgIpc) is 2.68. The lowest BCUT2D eigenvalue weighted by molar-refractivity contribution is -0.157. The molecule has 0 unspecified atom stereocenters. The molecule has 0 aliphatic carbocycles. The van der Waals surface area contributed by atoms with E-state index >= 15 is 0 Å². The minimum absolute atomic E-state index is 0.200. The van der Waals surface area contributed by atoms with Crippen LogP contribution in [-0.2, 0) is 19.1 Å². The molecule has 1 fully saturated rings. The van der Waals surface area contributed by atoms with Gasteiger partial charge in [-0.05, 0) is 27.2 Å². The van der Waals surface area contributed by atoms with Crippen LogP contribution in [0.2, 0.25) is 0 Å². The molecule has 32 heavy (non-hydrogen) atoms. The van der Waals surface area contributed by atoms with Gasteiger partial charge in [0.15, 0.2) is 0 Å². The smallest absolute Gasteiger partial charge is 0.408 e. The van der Waals surface area contributed by atoms with Crippen molar-refractivity contribution >= 4 is 18.0 Å². The van der Waals surface area contributed by atoms with Gasteiger partial charge < -0.3 is 19.7 Å². The van der Waals surface area contributed by atoms with Crippen molar-refractivity contribution in [3.05, 3.63) is 0 Å². The molecule has 1 rings (SSSR count). The molecule has 2 amide bonds. The third kappa shape index (κ3) is 12.9. The van der Waals surface area contributed by atoms with E-state index in [-0.39, 0.29) is 18.3 Å². The lowest BCUT2D eigenvalue weighted by Crippen LogP contribution is -2.56. The number of ether oxygens (including phenoxy) is 2. The van der Waals surface area contributed by atoms with E-state index in [4.69, 9.17) is 9.47 Å². The number of rotatable bonds is 14. The highest BCUT2D eigenvalue weighted by molar-refractivity contribution is 5.86. The van der Waals surface area contributed by atoms with Crippen LogP contribution in [0.1, 0.15) is 111 Å². The zero-order valence-corrected chi connectivity index (χ0v) is 21.0. The molecule has 1 N–H and O–H groups in total. The van der Waals surface area contributed by atoms with Crippen LogP contribution in [0.4, 0.5) is 4.79 Å². The van der Waals surface area contributed by atoms with Gasteiger partial charge in [-0.1, -0.05) is 71.1 Å². The van der Waals surface area contributed by atoms with Gasteiger partial charge >= 0.3 is 12.1 Å². The predicted molar refractivity (Wildman–Crippen MR) is 126 cm³/mol. The van der Waals surface area contributed by atoms with Crippen LogP contribution < -0.4 is 5.32 Å². The molecule has 7 nitrogen and oxygen atoms in total. The Morgan fingerprint density at radius 1 is 0.969 bits per heavy atom. The number of hydrogen-bond donors (Lipinski definition) is 1. The highest BCUT2D eigenvalue weighted by Gasteiger charge is 2.36. The zero-order chi connectivity index (χ0) is 24.0. The van der Waals surface area contributed by atoms with E-state index in [9.17, 15) is 14.4 Å². The highest BCUT2D eigenvalue weighted by atomic mass is 16.6. The lowest BCUT2D eigenvalue weighted by Gasteiger charge is -2.35. The van der Waals surface area contributed by atoms with Crippen LogP contribution in [0.15, 0.2) is 0 Å². The SMILES string of the molecule is CCCCCCCCCCCCCC(=O)O[C@H]1C[C@H](NC(=O)OC(C)(C)C)C(=O)N(C)C1. The second-order valence-corrected chi connectivity index (χ2v) is 10.1. The summed E-state index contributed by atoms with van der Waals surface area (Å²) in [7, 11) is 1.65. The summed E-state index contributed by atoms with van der Waals surface area (Å²) in [6.45, 7) is 7.88. The van der Waals surface area contributed by atoms with Crippen molar-refractivity contribution in [2.75, 3.05) is 13.6 Å². The fourth-order valence-corrected chi connectivity index (χ4v) is 3.93. The van der Waals surface area contributed by atoms with Gasteiger partial charge in [0.05, 0.1) is 6.54 Å². The van der Waals surface area contributed by atoms with Gasteiger partial charge in [-0.15, -0.1) is 0 Å². The van der Waals surface area contributed by atoms with Gasteiger partial charge in [-0.25, -0.2) is 4.79 Å². The first-order valence-electron chi connectivity index (χ1n) is 12.6. The number of unbranched alkanes of at least 4 members (excludes halogenated alkanes) is 10. The molecule has 1 saturated heterocycles. The minimum atomic E-state index is -0.747.